The van der Waals surface area contributed by atoms with Gasteiger partial charge in [0.15, 0.2) is 5.76 Å². The van der Waals surface area contributed by atoms with Gasteiger partial charge in [-0.25, -0.2) is 4.98 Å². The van der Waals surface area contributed by atoms with Crippen molar-refractivity contribution in [2.24, 2.45) is 0 Å². The molecule has 130 valence electrons. The van der Waals surface area contributed by atoms with Crippen LogP contribution < -0.4 is 4.74 Å². The molecule has 0 bridgehead atoms. The number of aromatic nitrogens is 1. The Labute approximate surface area is 143 Å². The number of oxazole rings is 1. The molecule has 1 aliphatic rings. The monoisotopic (exact) mass is 330 g/mol. The summed E-state index contributed by atoms with van der Waals surface area (Å²) < 4.78 is 16.8. The van der Waals surface area contributed by atoms with E-state index >= 15 is 0 Å². The van der Waals surface area contributed by atoms with E-state index in [-0.39, 0.29) is 0 Å². The molecule has 0 unspecified atom stereocenters. The first-order valence-corrected chi connectivity index (χ1v) is 8.60. The van der Waals surface area contributed by atoms with Crippen LogP contribution in [0.1, 0.15) is 32.6 Å². The van der Waals surface area contributed by atoms with Crippen molar-refractivity contribution in [3.8, 4) is 17.1 Å². The normalized spacial score (nSPS) is 16.0. The second-order valence-electron chi connectivity index (χ2n) is 6.46. The van der Waals surface area contributed by atoms with Gasteiger partial charge in [0, 0.05) is 30.9 Å². The van der Waals surface area contributed by atoms with E-state index in [9.17, 15) is 0 Å². The molecule has 0 spiro atoms. The molecule has 2 aromatic rings. The van der Waals surface area contributed by atoms with Gasteiger partial charge >= 0.3 is 0 Å². The molecule has 3 rings (SSSR count). The van der Waals surface area contributed by atoms with Crippen molar-refractivity contribution < 1.29 is 13.9 Å². The summed E-state index contributed by atoms with van der Waals surface area (Å²) in [6.07, 6.45) is 3.94. The van der Waals surface area contributed by atoms with Crippen molar-refractivity contribution in [3.05, 3.63) is 36.4 Å². The fourth-order valence-corrected chi connectivity index (χ4v) is 3.20. The Morgan fingerprint density at radius 1 is 1.29 bits per heavy atom. The Morgan fingerprint density at radius 2 is 2.08 bits per heavy atom. The lowest BCUT2D eigenvalue weighted by molar-refractivity contribution is 0.0155. The third-order valence-corrected chi connectivity index (χ3v) is 4.55. The highest BCUT2D eigenvalue weighted by molar-refractivity contribution is 5.58. The maximum absolute atomic E-state index is 6.00. The second kappa shape index (κ2) is 7.81. The number of methoxy groups -OCH3 is 1. The van der Waals surface area contributed by atoms with Gasteiger partial charge in [0.05, 0.1) is 19.9 Å². The number of rotatable bonds is 6. The number of hydrogen-bond acceptors (Lipinski definition) is 5. The third-order valence-electron chi connectivity index (χ3n) is 4.55. The van der Waals surface area contributed by atoms with Crippen molar-refractivity contribution >= 4 is 0 Å². The average Bonchev–Trinajstić information content (AvgIpc) is 3.09. The van der Waals surface area contributed by atoms with E-state index in [1.807, 2.05) is 24.3 Å². The lowest BCUT2D eigenvalue weighted by Crippen LogP contribution is -2.43. The maximum atomic E-state index is 6.00. The Bertz CT molecular complexity index is 648. The lowest BCUT2D eigenvalue weighted by Gasteiger charge is -2.36. The van der Waals surface area contributed by atoms with E-state index < -0.39 is 0 Å². The number of hydrogen-bond donors (Lipinski definition) is 0. The molecule has 5 nitrogen and oxygen atoms in total. The summed E-state index contributed by atoms with van der Waals surface area (Å²) in [6, 6.07) is 8.82. The zero-order valence-electron chi connectivity index (χ0n) is 14.7. The van der Waals surface area contributed by atoms with E-state index in [2.05, 4.69) is 23.7 Å². The van der Waals surface area contributed by atoms with Gasteiger partial charge in [0.1, 0.15) is 5.75 Å². The molecular weight excluding hydrogens is 304 g/mol. The van der Waals surface area contributed by atoms with Gasteiger partial charge in [0.2, 0.25) is 5.89 Å². The second-order valence-corrected chi connectivity index (χ2v) is 6.46. The van der Waals surface area contributed by atoms with Crippen LogP contribution in [0.3, 0.4) is 0 Å². The largest absolute Gasteiger partial charge is 0.497 e. The minimum atomic E-state index is 0.445. The van der Waals surface area contributed by atoms with Gasteiger partial charge in [-0.1, -0.05) is 12.1 Å². The highest BCUT2D eigenvalue weighted by Gasteiger charge is 2.25. The Hall–Kier alpha value is -1.85. The molecule has 1 aromatic carbocycles. The molecule has 1 saturated heterocycles. The smallest absolute Gasteiger partial charge is 0.209 e. The van der Waals surface area contributed by atoms with Gasteiger partial charge in [-0.3, -0.25) is 4.90 Å². The SMILES string of the molecule is COc1cccc(-c2cnc(CN(C(C)C)C3CCOCC3)o2)c1. The zero-order valence-corrected chi connectivity index (χ0v) is 14.7. The third kappa shape index (κ3) is 3.97. The highest BCUT2D eigenvalue weighted by atomic mass is 16.5. The molecule has 0 radical (unpaired) electrons. The first kappa shape index (κ1) is 17.0. The van der Waals surface area contributed by atoms with E-state index in [4.69, 9.17) is 13.9 Å². The van der Waals surface area contributed by atoms with Gasteiger partial charge in [-0.15, -0.1) is 0 Å². The van der Waals surface area contributed by atoms with Crippen molar-refractivity contribution in [1.82, 2.24) is 9.88 Å². The number of ether oxygens (including phenoxy) is 2. The minimum Gasteiger partial charge on any atom is -0.497 e. The molecule has 1 aliphatic heterocycles. The fourth-order valence-electron chi connectivity index (χ4n) is 3.20. The predicted octanol–water partition coefficient (Wildman–Crippen LogP) is 3.74. The molecule has 1 aromatic heterocycles. The molecule has 0 atom stereocenters. The van der Waals surface area contributed by atoms with Crippen LogP contribution >= 0.6 is 0 Å². The molecule has 24 heavy (non-hydrogen) atoms. The number of benzene rings is 1. The van der Waals surface area contributed by atoms with Gasteiger partial charge in [-0.2, -0.15) is 0 Å². The van der Waals surface area contributed by atoms with Crippen molar-refractivity contribution in [3.63, 3.8) is 0 Å². The topological polar surface area (TPSA) is 47.7 Å². The summed E-state index contributed by atoms with van der Waals surface area (Å²) in [4.78, 5) is 6.95. The quantitative estimate of drug-likeness (QED) is 0.807. The molecule has 1 fully saturated rings. The van der Waals surface area contributed by atoms with Crippen LogP contribution in [-0.2, 0) is 11.3 Å². The molecular formula is C19H26N2O3. The van der Waals surface area contributed by atoms with Crippen LogP contribution in [0.25, 0.3) is 11.3 Å². The minimum absolute atomic E-state index is 0.445. The van der Waals surface area contributed by atoms with Crippen LogP contribution in [-0.4, -0.2) is 42.3 Å². The maximum Gasteiger partial charge on any atom is 0.209 e. The van der Waals surface area contributed by atoms with E-state index in [1.165, 1.54) is 0 Å². The average molecular weight is 330 g/mol. The first-order valence-electron chi connectivity index (χ1n) is 8.60. The molecule has 0 N–H and O–H groups in total. The summed E-state index contributed by atoms with van der Waals surface area (Å²) in [5.41, 5.74) is 0.982. The van der Waals surface area contributed by atoms with Gasteiger partial charge in [0.25, 0.3) is 0 Å². The van der Waals surface area contributed by atoms with Crippen molar-refractivity contribution in [2.45, 2.75) is 45.3 Å². The van der Waals surface area contributed by atoms with Crippen LogP contribution in [0.5, 0.6) is 5.75 Å². The Morgan fingerprint density at radius 3 is 2.79 bits per heavy atom. The Kier molecular flexibility index (Phi) is 5.53. The standard InChI is InChI=1S/C19H26N2O3/c1-14(2)21(16-7-9-23-10-8-16)13-19-20-12-18(24-19)15-5-4-6-17(11-15)22-3/h4-6,11-12,14,16H,7-10,13H2,1-3H3. The fraction of sp³-hybridized carbons (Fsp3) is 0.526. The summed E-state index contributed by atoms with van der Waals surface area (Å²) in [7, 11) is 1.67. The van der Waals surface area contributed by atoms with E-state index in [0.717, 1.165) is 55.6 Å². The van der Waals surface area contributed by atoms with Gasteiger partial charge < -0.3 is 13.9 Å². The molecule has 0 saturated carbocycles. The van der Waals surface area contributed by atoms with Crippen molar-refractivity contribution in [2.75, 3.05) is 20.3 Å². The number of nitrogens with zero attached hydrogens (tertiary/aromatic N) is 2. The molecule has 0 aliphatic carbocycles. The lowest BCUT2D eigenvalue weighted by atomic mass is 10.1. The summed E-state index contributed by atoms with van der Waals surface area (Å²) in [5.74, 6) is 2.35. The summed E-state index contributed by atoms with van der Waals surface area (Å²) in [6.45, 7) is 6.86. The zero-order chi connectivity index (χ0) is 16.9. The molecule has 0 amide bonds. The molecule has 2 heterocycles. The Balaban J connectivity index is 1.73. The molecule has 5 heteroatoms. The van der Waals surface area contributed by atoms with Crippen molar-refractivity contribution in [1.29, 1.82) is 0 Å². The van der Waals surface area contributed by atoms with Crippen LogP contribution in [0.4, 0.5) is 0 Å². The summed E-state index contributed by atoms with van der Waals surface area (Å²) in [5, 5.41) is 0. The van der Waals surface area contributed by atoms with Crippen LogP contribution in [0.15, 0.2) is 34.9 Å². The van der Waals surface area contributed by atoms with E-state index in [0.29, 0.717) is 12.1 Å². The van der Waals surface area contributed by atoms with E-state index in [1.54, 1.807) is 13.3 Å². The highest BCUT2D eigenvalue weighted by Crippen LogP contribution is 2.26. The first-order chi connectivity index (χ1) is 11.7. The van der Waals surface area contributed by atoms with Crippen LogP contribution in [0.2, 0.25) is 0 Å². The van der Waals surface area contributed by atoms with Crippen LogP contribution in [0, 0.1) is 0 Å². The van der Waals surface area contributed by atoms with Gasteiger partial charge in [-0.05, 0) is 38.8 Å². The predicted molar refractivity (Wildman–Crippen MR) is 93.0 cm³/mol. The summed E-state index contributed by atoms with van der Waals surface area (Å²) >= 11 is 0.